The van der Waals surface area contributed by atoms with Crippen LogP contribution in [0.1, 0.15) is 24.3 Å². The first-order chi connectivity index (χ1) is 10.8. The van der Waals surface area contributed by atoms with Crippen molar-refractivity contribution in [3.05, 3.63) is 49.6 Å². The number of carbonyl (C=O) groups is 1. The standard InChI is InChI=1S/C16H16BrClN2O2S/c1-10-8-11(4-6-13(10)18)22-16(2,3)15(21)20-19-9-12-5-7-14(17)23-12/h4-9H,1-3H3,(H,20,21). The quantitative estimate of drug-likeness (QED) is 0.564. The maximum Gasteiger partial charge on any atom is 0.283 e. The molecule has 1 N–H and O–H groups in total. The van der Waals surface area contributed by atoms with Crippen molar-refractivity contribution in [3.8, 4) is 5.75 Å². The predicted octanol–water partition coefficient (Wildman–Crippen LogP) is 4.78. The molecule has 0 spiro atoms. The summed E-state index contributed by atoms with van der Waals surface area (Å²) >= 11 is 10.9. The van der Waals surface area contributed by atoms with Gasteiger partial charge in [0.25, 0.3) is 5.91 Å². The number of rotatable bonds is 5. The summed E-state index contributed by atoms with van der Waals surface area (Å²) in [4.78, 5) is 13.2. The lowest BCUT2D eigenvalue weighted by molar-refractivity contribution is -0.134. The van der Waals surface area contributed by atoms with Gasteiger partial charge in [-0.2, -0.15) is 5.10 Å². The fourth-order valence-electron chi connectivity index (χ4n) is 1.71. The number of ether oxygens (including phenoxy) is 1. The van der Waals surface area contributed by atoms with E-state index >= 15 is 0 Å². The fourth-order valence-corrected chi connectivity index (χ4v) is 3.12. The fraction of sp³-hybridized carbons (Fsp3) is 0.250. The number of nitrogens with one attached hydrogen (secondary N) is 1. The average molecular weight is 416 g/mol. The lowest BCUT2D eigenvalue weighted by Gasteiger charge is -2.24. The summed E-state index contributed by atoms with van der Waals surface area (Å²) in [6.07, 6.45) is 1.59. The Morgan fingerprint density at radius 1 is 1.39 bits per heavy atom. The Balaban J connectivity index is 1.98. The van der Waals surface area contributed by atoms with Crippen LogP contribution in [0.25, 0.3) is 0 Å². The van der Waals surface area contributed by atoms with Crippen molar-refractivity contribution < 1.29 is 9.53 Å². The van der Waals surface area contributed by atoms with Crippen LogP contribution in [0.5, 0.6) is 5.75 Å². The molecule has 0 atom stereocenters. The minimum absolute atomic E-state index is 0.336. The number of carbonyl (C=O) groups excluding carboxylic acids is 1. The van der Waals surface area contributed by atoms with E-state index in [9.17, 15) is 4.79 Å². The van der Waals surface area contributed by atoms with E-state index in [1.807, 2.05) is 19.1 Å². The highest BCUT2D eigenvalue weighted by molar-refractivity contribution is 9.11. The monoisotopic (exact) mass is 414 g/mol. The van der Waals surface area contributed by atoms with E-state index in [1.165, 1.54) is 11.3 Å². The number of hydrogen-bond donors (Lipinski definition) is 1. The zero-order chi connectivity index (χ0) is 17.0. The molecule has 7 heteroatoms. The van der Waals surface area contributed by atoms with Crippen molar-refractivity contribution in [2.75, 3.05) is 0 Å². The topological polar surface area (TPSA) is 50.7 Å². The number of thiophene rings is 1. The highest BCUT2D eigenvalue weighted by Crippen LogP contribution is 2.24. The van der Waals surface area contributed by atoms with Crippen molar-refractivity contribution >= 4 is 51.0 Å². The van der Waals surface area contributed by atoms with E-state index in [4.69, 9.17) is 16.3 Å². The highest BCUT2D eigenvalue weighted by atomic mass is 79.9. The number of hydrogen-bond acceptors (Lipinski definition) is 4. The van der Waals surface area contributed by atoms with Gasteiger partial charge in [-0.25, -0.2) is 5.43 Å². The van der Waals surface area contributed by atoms with Crippen LogP contribution in [0.4, 0.5) is 0 Å². The largest absolute Gasteiger partial charge is 0.478 e. The van der Waals surface area contributed by atoms with Gasteiger partial charge >= 0.3 is 0 Å². The summed E-state index contributed by atoms with van der Waals surface area (Å²) in [5.41, 5.74) is 2.33. The number of aryl methyl sites for hydroxylation is 1. The van der Waals surface area contributed by atoms with E-state index in [1.54, 1.807) is 38.3 Å². The smallest absolute Gasteiger partial charge is 0.283 e. The summed E-state index contributed by atoms with van der Waals surface area (Å²) in [7, 11) is 0. The van der Waals surface area contributed by atoms with Crippen molar-refractivity contribution in [1.82, 2.24) is 5.43 Å². The normalized spacial score (nSPS) is 11.7. The second-order valence-corrected chi connectivity index (χ2v) is 8.27. The van der Waals surface area contributed by atoms with Crippen molar-refractivity contribution in [3.63, 3.8) is 0 Å². The third-order valence-corrected chi connectivity index (χ3v) is 4.98. The van der Waals surface area contributed by atoms with Crippen LogP contribution in [-0.2, 0) is 4.79 Å². The van der Waals surface area contributed by atoms with Crippen LogP contribution in [-0.4, -0.2) is 17.7 Å². The third kappa shape index (κ3) is 5.06. The van der Waals surface area contributed by atoms with Gasteiger partial charge in [-0.3, -0.25) is 4.79 Å². The Morgan fingerprint density at radius 3 is 2.74 bits per heavy atom. The van der Waals surface area contributed by atoms with Crippen LogP contribution in [0, 0.1) is 6.92 Å². The molecular weight excluding hydrogens is 400 g/mol. The SMILES string of the molecule is Cc1cc(OC(C)(C)C(=O)NN=Cc2ccc(Br)s2)ccc1Cl. The first-order valence-corrected chi connectivity index (χ1v) is 8.81. The van der Waals surface area contributed by atoms with E-state index in [0.717, 1.165) is 14.2 Å². The van der Waals surface area contributed by atoms with Crippen molar-refractivity contribution in [2.45, 2.75) is 26.4 Å². The predicted molar refractivity (Wildman–Crippen MR) is 98.7 cm³/mol. The molecule has 1 aromatic heterocycles. The lowest BCUT2D eigenvalue weighted by Crippen LogP contribution is -2.44. The summed E-state index contributed by atoms with van der Waals surface area (Å²) in [6.45, 7) is 5.25. The third-order valence-electron chi connectivity index (χ3n) is 3.00. The molecule has 1 heterocycles. The maximum absolute atomic E-state index is 12.2. The van der Waals surface area contributed by atoms with Crippen molar-refractivity contribution in [2.24, 2.45) is 5.10 Å². The van der Waals surface area contributed by atoms with Crippen LogP contribution in [0.2, 0.25) is 5.02 Å². The molecule has 0 fully saturated rings. The molecule has 2 rings (SSSR count). The molecule has 0 aliphatic heterocycles. The molecule has 1 aromatic carbocycles. The first kappa shape index (κ1) is 18.0. The summed E-state index contributed by atoms with van der Waals surface area (Å²) < 4.78 is 6.76. The van der Waals surface area contributed by atoms with Gasteiger partial charge in [-0.1, -0.05) is 11.6 Å². The second kappa shape index (κ2) is 7.47. The molecule has 122 valence electrons. The van der Waals surface area contributed by atoms with Gasteiger partial charge < -0.3 is 4.74 Å². The Labute approximate surface area is 152 Å². The summed E-state index contributed by atoms with van der Waals surface area (Å²) in [6, 6.07) is 9.10. The van der Waals surface area contributed by atoms with Gasteiger partial charge in [-0.15, -0.1) is 11.3 Å². The van der Waals surface area contributed by atoms with E-state index in [0.29, 0.717) is 10.8 Å². The average Bonchev–Trinajstić information content (AvgIpc) is 2.88. The minimum atomic E-state index is -1.06. The van der Waals surface area contributed by atoms with Crippen LogP contribution in [0.3, 0.4) is 0 Å². The number of halogens is 2. The van der Waals surface area contributed by atoms with Gasteiger partial charge in [-0.05, 0) is 72.6 Å². The molecule has 2 aromatic rings. The zero-order valence-corrected chi connectivity index (χ0v) is 16.1. The van der Waals surface area contributed by atoms with Gasteiger partial charge in [0.15, 0.2) is 5.60 Å². The Bertz CT molecular complexity index is 743. The van der Waals surface area contributed by atoms with E-state index in [2.05, 4.69) is 26.5 Å². The lowest BCUT2D eigenvalue weighted by atomic mass is 10.1. The number of amides is 1. The maximum atomic E-state index is 12.2. The molecule has 0 saturated carbocycles. The molecular formula is C16H16BrClN2O2S. The van der Waals surface area contributed by atoms with Crippen LogP contribution in [0.15, 0.2) is 39.2 Å². The van der Waals surface area contributed by atoms with Gasteiger partial charge in [0.1, 0.15) is 5.75 Å². The Hall–Kier alpha value is -1.37. The molecule has 0 aliphatic carbocycles. The highest BCUT2D eigenvalue weighted by Gasteiger charge is 2.30. The number of benzene rings is 1. The minimum Gasteiger partial charge on any atom is -0.478 e. The molecule has 0 radical (unpaired) electrons. The van der Waals surface area contributed by atoms with Gasteiger partial charge in [0.05, 0.1) is 10.0 Å². The van der Waals surface area contributed by atoms with Crippen LogP contribution < -0.4 is 10.2 Å². The summed E-state index contributed by atoms with van der Waals surface area (Å²) in [5, 5.41) is 4.62. The molecule has 1 amide bonds. The number of nitrogens with zero attached hydrogens (tertiary/aromatic N) is 1. The molecule has 23 heavy (non-hydrogen) atoms. The van der Waals surface area contributed by atoms with Crippen LogP contribution >= 0.6 is 38.9 Å². The summed E-state index contributed by atoms with van der Waals surface area (Å²) in [5.74, 6) is 0.246. The molecule has 0 unspecified atom stereocenters. The van der Waals surface area contributed by atoms with E-state index in [-0.39, 0.29) is 5.91 Å². The molecule has 4 nitrogen and oxygen atoms in total. The van der Waals surface area contributed by atoms with Gasteiger partial charge in [0, 0.05) is 9.90 Å². The van der Waals surface area contributed by atoms with Gasteiger partial charge in [0.2, 0.25) is 0 Å². The molecule has 0 aliphatic rings. The molecule has 0 bridgehead atoms. The first-order valence-electron chi connectivity index (χ1n) is 6.82. The number of hydrazone groups is 1. The Kier molecular flexibility index (Phi) is 5.84. The van der Waals surface area contributed by atoms with E-state index < -0.39 is 5.60 Å². The zero-order valence-electron chi connectivity index (χ0n) is 12.9. The van der Waals surface area contributed by atoms with Crippen molar-refractivity contribution in [1.29, 1.82) is 0 Å². The second-order valence-electron chi connectivity index (χ2n) is 5.36. The Morgan fingerprint density at radius 2 is 2.13 bits per heavy atom. The molecule has 0 saturated heterocycles.